The Balaban J connectivity index is 1.98. The minimum absolute atomic E-state index is 0.0575. The zero-order chi connectivity index (χ0) is 13.8. The Hall–Kier alpha value is -1.35. The first-order valence-corrected chi connectivity index (χ1v) is 7.18. The minimum atomic E-state index is -0.0575. The van der Waals surface area contributed by atoms with Crippen LogP contribution in [-0.4, -0.2) is 29.9 Å². The highest BCUT2D eigenvalue weighted by Gasteiger charge is 2.34. The second-order valence-corrected chi connectivity index (χ2v) is 5.65. The summed E-state index contributed by atoms with van der Waals surface area (Å²) in [6.07, 6.45) is 2.15. The van der Waals surface area contributed by atoms with Crippen molar-refractivity contribution >= 4 is 5.91 Å². The molecule has 0 saturated carbocycles. The van der Waals surface area contributed by atoms with Crippen LogP contribution < -0.4 is 5.73 Å². The molecule has 1 fully saturated rings. The molecule has 3 heteroatoms. The molecular weight excluding hydrogens is 236 g/mol. The second-order valence-electron chi connectivity index (χ2n) is 5.65. The molecule has 2 rings (SSSR count). The standard InChI is InChI=1S/C16H24N2O/c1-12(11-17)16(19)18-9-8-15(13(18)2)10-14-6-4-3-5-7-14/h3-7,12-13,15H,8-11,17H2,1-2H3. The molecule has 0 spiro atoms. The van der Waals surface area contributed by atoms with E-state index in [0.29, 0.717) is 18.5 Å². The lowest BCUT2D eigenvalue weighted by Crippen LogP contribution is -2.41. The van der Waals surface area contributed by atoms with Crippen LogP contribution in [0.25, 0.3) is 0 Å². The number of benzene rings is 1. The summed E-state index contributed by atoms with van der Waals surface area (Å²) in [7, 11) is 0. The topological polar surface area (TPSA) is 46.3 Å². The van der Waals surface area contributed by atoms with Gasteiger partial charge in [-0.2, -0.15) is 0 Å². The zero-order valence-electron chi connectivity index (χ0n) is 11.9. The van der Waals surface area contributed by atoms with E-state index in [2.05, 4.69) is 31.2 Å². The minimum Gasteiger partial charge on any atom is -0.339 e. The van der Waals surface area contributed by atoms with Gasteiger partial charge in [-0.05, 0) is 31.2 Å². The van der Waals surface area contributed by atoms with Crippen LogP contribution in [0, 0.1) is 11.8 Å². The molecule has 3 unspecified atom stereocenters. The molecule has 0 aromatic heterocycles. The van der Waals surface area contributed by atoms with E-state index in [9.17, 15) is 4.79 Å². The van der Waals surface area contributed by atoms with Crippen LogP contribution in [0.2, 0.25) is 0 Å². The van der Waals surface area contributed by atoms with Gasteiger partial charge in [0.2, 0.25) is 5.91 Å². The van der Waals surface area contributed by atoms with Crippen molar-refractivity contribution in [2.45, 2.75) is 32.7 Å². The molecule has 3 atom stereocenters. The van der Waals surface area contributed by atoms with E-state index in [-0.39, 0.29) is 11.8 Å². The van der Waals surface area contributed by atoms with Crippen molar-refractivity contribution in [1.29, 1.82) is 0 Å². The highest BCUT2D eigenvalue weighted by Crippen LogP contribution is 2.28. The van der Waals surface area contributed by atoms with Crippen LogP contribution in [-0.2, 0) is 11.2 Å². The Kier molecular flexibility index (Phi) is 4.59. The predicted octanol–water partition coefficient (Wildman–Crippen LogP) is 2.06. The summed E-state index contributed by atoms with van der Waals surface area (Å²) < 4.78 is 0. The number of nitrogens with zero attached hydrogens (tertiary/aromatic N) is 1. The first-order chi connectivity index (χ1) is 9.13. The fraction of sp³-hybridized carbons (Fsp3) is 0.562. The Labute approximate surface area is 115 Å². The van der Waals surface area contributed by atoms with Gasteiger partial charge >= 0.3 is 0 Å². The van der Waals surface area contributed by atoms with Crippen LogP contribution in [0.3, 0.4) is 0 Å². The van der Waals surface area contributed by atoms with Gasteiger partial charge in [0.1, 0.15) is 0 Å². The first-order valence-electron chi connectivity index (χ1n) is 7.18. The molecule has 104 valence electrons. The van der Waals surface area contributed by atoms with Gasteiger partial charge in [-0.25, -0.2) is 0 Å². The number of hydrogen-bond acceptors (Lipinski definition) is 2. The molecule has 0 bridgehead atoms. The fourth-order valence-electron chi connectivity index (χ4n) is 2.89. The lowest BCUT2D eigenvalue weighted by Gasteiger charge is -2.27. The van der Waals surface area contributed by atoms with E-state index < -0.39 is 0 Å². The Bertz CT molecular complexity index is 418. The molecule has 1 aliphatic heterocycles. The third kappa shape index (κ3) is 3.16. The normalized spacial score (nSPS) is 24.5. The summed E-state index contributed by atoms with van der Waals surface area (Å²) in [4.78, 5) is 14.2. The number of nitrogens with two attached hydrogens (primary N) is 1. The molecule has 1 heterocycles. The molecule has 1 aliphatic rings. The average molecular weight is 260 g/mol. The van der Waals surface area contributed by atoms with E-state index in [1.807, 2.05) is 17.9 Å². The molecule has 1 saturated heterocycles. The maximum absolute atomic E-state index is 12.2. The van der Waals surface area contributed by atoms with Crippen molar-refractivity contribution in [3.05, 3.63) is 35.9 Å². The monoisotopic (exact) mass is 260 g/mol. The van der Waals surface area contributed by atoms with Crippen LogP contribution in [0.1, 0.15) is 25.8 Å². The molecule has 0 radical (unpaired) electrons. The summed E-state index contributed by atoms with van der Waals surface area (Å²) in [6.45, 7) is 5.40. The maximum Gasteiger partial charge on any atom is 0.226 e. The van der Waals surface area contributed by atoms with Crippen LogP contribution >= 0.6 is 0 Å². The smallest absolute Gasteiger partial charge is 0.226 e. The van der Waals surface area contributed by atoms with E-state index in [1.165, 1.54) is 5.56 Å². The molecule has 0 aliphatic carbocycles. The van der Waals surface area contributed by atoms with Crippen molar-refractivity contribution in [2.75, 3.05) is 13.1 Å². The second kappa shape index (κ2) is 6.20. The largest absolute Gasteiger partial charge is 0.339 e. The van der Waals surface area contributed by atoms with Crippen molar-refractivity contribution in [1.82, 2.24) is 4.90 Å². The van der Waals surface area contributed by atoms with Crippen LogP contribution in [0.15, 0.2) is 30.3 Å². The van der Waals surface area contributed by atoms with Crippen LogP contribution in [0.4, 0.5) is 0 Å². The van der Waals surface area contributed by atoms with E-state index in [0.717, 1.165) is 19.4 Å². The highest BCUT2D eigenvalue weighted by molar-refractivity contribution is 5.79. The van der Waals surface area contributed by atoms with Crippen molar-refractivity contribution < 1.29 is 4.79 Å². The lowest BCUT2D eigenvalue weighted by atomic mass is 9.93. The fourth-order valence-corrected chi connectivity index (χ4v) is 2.89. The maximum atomic E-state index is 12.2. The predicted molar refractivity (Wildman–Crippen MR) is 77.6 cm³/mol. The number of carbonyl (C=O) groups excluding carboxylic acids is 1. The zero-order valence-corrected chi connectivity index (χ0v) is 11.9. The van der Waals surface area contributed by atoms with E-state index in [4.69, 9.17) is 5.73 Å². The Morgan fingerprint density at radius 2 is 2.11 bits per heavy atom. The molecule has 3 nitrogen and oxygen atoms in total. The molecule has 1 amide bonds. The third-order valence-corrected chi connectivity index (χ3v) is 4.31. The Morgan fingerprint density at radius 3 is 2.74 bits per heavy atom. The number of likely N-dealkylation sites (tertiary alicyclic amines) is 1. The van der Waals surface area contributed by atoms with Crippen molar-refractivity contribution in [2.24, 2.45) is 17.6 Å². The summed E-state index contributed by atoms with van der Waals surface area (Å²) in [6, 6.07) is 10.9. The Morgan fingerprint density at radius 1 is 1.42 bits per heavy atom. The SMILES string of the molecule is CC(CN)C(=O)N1CCC(Cc2ccccc2)C1C. The van der Waals surface area contributed by atoms with Gasteiger partial charge in [-0.1, -0.05) is 37.3 Å². The lowest BCUT2D eigenvalue weighted by molar-refractivity contribution is -0.135. The third-order valence-electron chi connectivity index (χ3n) is 4.31. The van der Waals surface area contributed by atoms with E-state index >= 15 is 0 Å². The molecule has 1 aromatic rings. The summed E-state index contributed by atoms with van der Waals surface area (Å²) >= 11 is 0. The van der Waals surface area contributed by atoms with Gasteiger partial charge < -0.3 is 10.6 Å². The van der Waals surface area contributed by atoms with Gasteiger partial charge in [-0.3, -0.25) is 4.79 Å². The van der Waals surface area contributed by atoms with Crippen molar-refractivity contribution in [3.8, 4) is 0 Å². The summed E-state index contributed by atoms with van der Waals surface area (Å²) in [5.74, 6) is 0.722. The number of carbonyl (C=O) groups is 1. The van der Waals surface area contributed by atoms with Crippen molar-refractivity contribution in [3.63, 3.8) is 0 Å². The summed E-state index contributed by atoms with van der Waals surface area (Å²) in [5.41, 5.74) is 6.96. The first kappa shape index (κ1) is 14.1. The van der Waals surface area contributed by atoms with Gasteiger partial charge in [-0.15, -0.1) is 0 Å². The van der Waals surface area contributed by atoms with Gasteiger partial charge in [0.25, 0.3) is 0 Å². The van der Waals surface area contributed by atoms with Gasteiger partial charge in [0, 0.05) is 25.0 Å². The molecule has 1 aromatic carbocycles. The van der Waals surface area contributed by atoms with Gasteiger partial charge in [0.05, 0.1) is 0 Å². The summed E-state index contributed by atoms with van der Waals surface area (Å²) in [5, 5.41) is 0. The average Bonchev–Trinajstić information content (AvgIpc) is 2.80. The number of amides is 1. The van der Waals surface area contributed by atoms with Crippen LogP contribution in [0.5, 0.6) is 0 Å². The number of hydrogen-bond donors (Lipinski definition) is 1. The molecule has 19 heavy (non-hydrogen) atoms. The highest BCUT2D eigenvalue weighted by atomic mass is 16.2. The van der Waals surface area contributed by atoms with E-state index in [1.54, 1.807) is 0 Å². The van der Waals surface area contributed by atoms with Gasteiger partial charge in [0.15, 0.2) is 0 Å². The number of rotatable bonds is 4. The quantitative estimate of drug-likeness (QED) is 0.900. The molecular formula is C16H24N2O. The molecule has 2 N–H and O–H groups in total.